The van der Waals surface area contributed by atoms with E-state index < -0.39 is 11.9 Å². The average Bonchev–Trinajstić information content (AvgIpc) is 2.93. The van der Waals surface area contributed by atoms with Crippen molar-refractivity contribution < 1.29 is 92.5 Å². The van der Waals surface area contributed by atoms with Gasteiger partial charge in [0.05, 0.1) is 31.5 Å². The second-order valence-corrected chi connectivity index (χ2v) is 29.9. The van der Waals surface area contributed by atoms with Crippen LogP contribution >= 0.6 is 0 Å². The van der Waals surface area contributed by atoms with Crippen LogP contribution in [0.15, 0.2) is 0 Å². The SMILES string of the molecule is CCOC(=O)C=[N+]=[N-].CCOC(=O)CO[C@H]1CC[C@H]2C3CC[C@H]4CC(=O)CC[C@]4(C)[C@H]3CC[C@]12C.C[C@]12CCC(=O)C[C@@H]1CCC1[C@@H]2CC[C@]2(C)[C@@H](O)CC[C@@H]12.C[C@]12CCC(=O)C[C@@H]1CCC1[C@@H]2CC[C@]2(C)[C@@H](OCC(=O)O)CC[C@@H]12.O.[Li+].[OH-]. The standard InChI is InChI=1S/C23H36O4.C21H32O4.C19H30O2.C4H6N2O2.Li.2H2O/c1-4-26-21(25)14-27-20-8-7-18-17-6-5-15-13-16(24)9-11-22(15,2)19(17)10-12-23(18,20)3;1-20-9-7-14(22)11-13(20)3-4-15-16-5-6-18(25-12-19(23)24)21(16,2)10-8-17(15)20;1-18-9-7-13(20)11-12(18)3-4-14-15-5-6-17(21)19(15,2)10-8-16(14)18;1-2-8-4(7)3-6-5;;;/h15,17-20H,4-14H2,1-3H3;13,15-18H,3-12H2,1-2H3,(H,23,24);12,14-17,21H,3-11H2,1-2H3;3H,2H2,1H3;;2*1H2/q;;;;+1;;/p-1/t15-,17?,18-,19-,20-,22-,23-;13-,15?,16-,17-,18-,20-,21-;12-,14?,15-,16-,17-,18-,19-;;;;/m000..../s1. The Morgan fingerprint density at radius 1 is 0.512 bits per heavy atom. The number of aliphatic hydroxyl groups is 1. The normalized spacial score (nSPS) is 44.3. The monoisotopic (exact) mass is 1170 g/mol. The van der Waals surface area contributed by atoms with E-state index in [1.54, 1.807) is 6.92 Å². The van der Waals surface area contributed by atoms with Crippen molar-refractivity contribution in [3.05, 3.63) is 5.53 Å². The van der Waals surface area contributed by atoms with Crippen LogP contribution in [0.5, 0.6) is 0 Å². The molecule has 0 aromatic rings. The Hall–Kier alpha value is -2.80. The molecule has 0 aliphatic heterocycles. The first kappa shape index (κ1) is 70.3. The second-order valence-electron chi connectivity index (χ2n) is 29.9. The van der Waals surface area contributed by atoms with Crippen LogP contribution in [0.1, 0.15) is 229 Å². The summed E-state index contributed by atoms with van der Waals surface area (Å²) in [5.74, 6) is 8.38. The van der Waals surface area contributed by atoms with Crippen molar-refractivity contribution in [3.63, 3.8) is 0 Å². The Kier molecular flexibility index (Phi) is 23.7. The molecule has 0 bridgehead atoms. The molecule has 0 radical (unpaired) electrons. The number of carboxylic acid groups (broad SMARTS) is 1. The van der Waals surface area contributed by atoms with Crippen LogP contribution in [0.2, 0.25) is 0 Å². The maximum Gasteiger partial charge on any atom is 1.00 e. The van der Waals surface area contributed by atoms with Crippen LogP contribution < -0.4 is 18.9 Å². The number of hydrogen-bond acceptors (Lipinski definition) is 12. The van der Waals surface area contributed by atoms with Crippen LogP contribution in [-0.2, 0) is 47.7 Å². The quantitative estimate of drug-likeness (QED) is 0.0722. The fraction of sp³-hybridized carbons (Fsp3) is 0.896. The minimum absolute atomic E-state index is 0. The number of ether oxygens (including phenoxy) is 4. The van der Waals surface area contributed by atoms with E-state index in [4.69, 9.17) is 24.8 Å². The summed E-state index contributed by atoms with van der Waals surface area (Å²) < 4.78 is 21.3. The Morgan fingerprint density at radius 3 is 1.25 bits per heavy atom. The van der Waals surface area contributed by atoms with Gasteiger partial charge in [-0.25, -0.2) is 14.4 Å². The largest absolute Gasteiger partial charge is 1.00 e. The molecule has 12 rings (SSSR count). The van der Waals surface area contributed by atoms with Gasteiger partial charge in [0.1, 0.15) is 30.6 Å². The van der Waals surface area contributed by atoms with Crippen molar-refractivity contribution in [1.29, 1.82) is 0 Å². The summed E-state index contributed by atoms with van der Waals surface area (Å²) in [5, 5.41) is 19.4. The zero-order chi connectivity index (χ0) is 58.3. The molecule has 17 heteroatoms. The molecule has 0 aromatic heterocycles. The Balaban J connectivity index is 0.000000187. The van der Waals surface area contributed by atoms with Crippen molar-refractivity contribution in [2.75, 3.05) is 26.4 Å². The molecule has 12 saturated carbocycles. The van der Waals surface area contributed by atoms with Crippen molar-refractivity contribution in [2.24, 2.45) is 104 Å². The minimum Gasteiger partial charge on any atom is -0.870 e. The number of Topliss-reactive ketones (excluding diaryl/α,β-unsaturated/α-hetero) is 3. The summed E-state index contributed by atoms with van der Waals surface area (Å²) in [7, 11) is 0. The molecule has 0 heterocycles. The van der Waals surface area contributed by atoms with E-state index in [0.29, 0.717) is 82.6 Å². The number of aliphatic carboxylic acids is 1. The smallest absolute Gasteiger partial charge is 0.870 e. The number of fused-ring (bicyclic) bond motifs is 15. The summed E-state index contributed by atoms with van der Waals surface area (Å²) in [5.41, 5.74) is 9.38. The average molecular weight is 1170 g/mol. The summed E-state index contributed by atoms with van der Waals surface area (Å²) >= 11 is 0. The van der Waals surface area contributed by atoms with E-state index in [0.717, 1.165) is 125 Å². The van der Waals surface area contributed by atoms with Gasteiger partial charge in [-0.3, -0.25) is 14.4 Å². The number of nitrogens with zero attached hydrogens (tertiary/aromatic N) is 2. The van der Waals surface area contributed by atoms with Crippen LogP contribution in [0.4, 0.5) is 0 Å². The molecule has 470 valence electrons. The van der Waals surface area contributed by atoms with Gasteiger partial charge in [0.15, 0.2) is 0 Å². The summed E-state index contributed by atoms with van der Waals surface area (Å²) in [4.78, 5) is 71.1. The van der Waals surface area contributed by atoms with Crippen LogP contribution in [0.25, 0.3) is 5.53 Å². The molecule has 3 unspecified atom stereocenters. The Bertz CT molecular complexity index is 2380. The first-order valence-electron chi connectivity index (χ1n) is 32.7. The predicted octanol–water partition coefficient (Wildman–Crippen LogP) is 8.43. The van der Waals surface area contributed by atoms with E-state index in [1.165, 1.54) is 89.9 Å². The molecular weight excluding hydrogens is 1060 g/mol. The van der Waals surface area contributed by atoms with Gasteiger partial charge in [0.25, 0.3) is 0 Å². The molecule has 0 amide bonds. The molecule has 21 atom stereocenters. The second kappa shape index (κ2) is 28.4. The fourth-order valence-electron chi connectivity index (χ4n) is 22.3. The number of rotatable bonds is 9. The first-order valence-corrected chi connectivity index (χ1v) is 32.7. The number of hydrogen-bond donors (Lipinski definition) is 2. The number of carbonyl (C=O) groups excluding carboxylic acids is 5. The number of carbonyl (C=O) groups is 6. The van der Waals surface area contributed by atoms with Crippen LogP contribution in [0, 0.1) is 104 Å². The number of carboxylic acids is 1. The van der Waals surface area contributed by atoms with Crippen molar-refractivity contribution in [2.45, 2.75) is 247 Å². The van der Waals surface area contributed by atoms with Gasteiger partial charge in [-0.2, -0.15) is 4.79 Å². The Morgan fingerprint density at radius 2 is 0.869 bits per heavy atom. The molecule has 12 aliphatic rings. The van der Waals surface area contributed by atoms with Gasteiger partial charge in [-0.15, -0.1) is 0 Å². The summed E-state index contributed by atoms with van der Waals surface area (Å²) in [6, 6.07) is 0. The minimum atomic E-state index is -0.861. The topological polar surface area (TPSA) is 278 Å². The number of esters is 2. The van der Waals surface area contributed by atoms with E-state index in [9.17, 15) is 33.9 Å². The van der Waals surface area contributed by atoms with E-state index in [2.05, 4.69) is 51.1 Å². The van der Waals surface area contributed by atoms with E-state index in [-0.39, 0.29) is 83.6 Å². The predicted molar refractivity (Wildman–Crippen MR) is 312 cm³/mol. The zero-order valence-electron chi connectivity index (χ0n) is 53.0. The molecular formula is C67H107LiN2O14. The van der Waals surface area contributed by atoms with Crippen molar-refractivity contribution in [3.8, 4) is 0 Å². The molecule has 5 N–H and O–H groups in total. The number of ketones is 3. The molecule has 84 heavy (non-hydrogen) atoms. The van der Waals surface area contributed by atoms with Gasteiger partial charge in [0.2, 0.25) is 0 Å². The van der Waals surface area contributed by atoms with E-state index >= 15 is 0 Å². The molecule has 0 saturated heterocycles. The molecule has 16 nitrogen and oxygen atoms in total. The van der Waals surface area contributed by atoms with Gasteiger partial charge < -0.3 is 45.6 Å². The maximum atomic E-state index is 12.0. The zero-order valence-corrected chi connectivity index (χ0v) is 53.0. The third-order valence-electron chi connectivity index (χ3n) is 26.8. The molecule has 12 aliphatic carbocycles. The first-order chi connectivity index (χ1) is 38.5. The fourth-order valence-corrected chi connectivity index (χ4v) is 22.3. The van der Waals surface area contributed by atoms with Gasteiger partial charge >= 0.3 is 43.0 Å². The third-order valence-corrected chi connectivity index (χ3v) is 26.8. The van der Waals surface area contributed by atoms with Gasteiger partial charge in [-0.05, 0) is 252 Å². The number of aliphatic hydroxyl groups excluding tert-OH is 1. The van der Waals surface area contributed by atoms with Crippen molar-refractivity contribution >= 4 is 41.5 Å². The maximum absolute atomic E-state index is 12.0. The van der Waals surface area contributed by atoms with Crippen LogP contribution in [0.3, 0.4) is 0 Å². The van der Waals surface area contributed by atoms with Gasteiger partial charge in [-0.1, -0.05) is 41.5 Å². The summed E-state index contributed by atoms with van der Waals surface area (Å²) in [6.07, 6.45) is 30.7. The van der Waals surface area contributed by atoms with Crippen molar-refractivity contribution in [1.82, 2.24) is 0 Å². The van der Waals surface area contributed by atoms with E-state index in [1.807, 2.05) is 6.92 Å². The molecule has 0 spiro atoms. The molecule has 0 aromatic carbocycles. The van der Waals surface area contributed by atoms with Gasteiger partial charge in [0, 0.05) is 38.5 Å². The van der Waals surface area contributed by atoms with Crippen LogP contribution in [-0.4, -0.2) is 112 Å². The summed E-state index contributed by atoms with van der Waals surface area (Å²) in [6.45, 7) is 18.7. The molecule has 12 fully saturated rings. The Labute approximate surface area is 514 Å². The third kappa shape index (κ3) is 13.4.